The molecule has 6 heteroatoms. The number of nitrogens with two attached hydrogens (primary N) is 1. The van der Waals surface area contributed by atoms with Gasteiger partial charge in [0, 0.05) is 6.54 Å². The molecule has 0 rings (SSSR count). The van der Waals surface area contributed by atoms with Crippen LogP contribution in [0.15, 0.2) is 0 Å². The molecule has 4 nitrogen and oxygen atoms in total. The SMILES string of the molecule is NCC[S+]=S(=O)(O)O. The molecule has 0 aromatic heterocycles. The highest BCUT2D eigenvalue weighted by Gasteiger charge is 2.06. The maximum atomic E-state index is 9.96. The second-order valence-corrected chi connectivity index (χ2v) is 4.61. The molecule has 0 saturated carbocycles. The van der Waals surface area contributed by atoms with E-state index in [1.165, 1.54) is 0 Å². The van der Waals surface area contributed by atoms with Crippen molar-refractivity contribution >= 4 is 19.4 Å². The lowest BCUT2D eigenvalue weighted by molar-refractivity contribution is 0.450. The predicted molar refractivity (Wildman–Crippen MR) is 34.7 cm³/mol. The minimum atomic E-state index is -3.60. The van der Waals surface area contributed by atoms with Gasteiger partial charge in [0.1, 0.15) is 0 Å². The second kappa shape index (κ2) is 3.31. The third-order valence-electron chi connectivity index (χ3n) is 0.355. The van der Waals surface area contributed by atoms with E-state index in [2.05, 4.69) is 0 Å². The van der Waals surface area contributed by atoms with Crippen LogP contribution in [0.1, 0.15) is 0 Å². The second-order valence-electron chi connectivity index (χ2n) is 1.06. The van der Waals surface area contributed by atoms with Gasteiger partial charge in [0.05, 0.1) is 0 Å². The van der Waals surface area contributed by atoms with Crippen molar-refractivity contribution in [1.82, 2.24) is 0 Å². The summed E-state index contributed by atoms with van der Waals surface area (Å²) >= 11 is 0. The molecule has 0 radical (unpaired) electrons. The van der Waals surface area contributed by atoms with Gasteiger partial charge in [0.25, 0.3) is 10.3 Å². The Labute approximate surface area is 51.4 Å². The highest BCUT2D eigenvalue weighted by Crippen LogP contribution is 1.74. The summed E-state index contributed by atoms with van der Waals surface area (Å²) < 4.78 is 26.2. The van der Waals surface area contributed by atoms with Crippen molar-refractivity contribution in [2.24, 2.45) is 5.73 Å². The average Bonchev–Trinajstić information content (AvgIpc) is 1.59. The van der Waals surface area contributed by atoms with Crippen LogP contribution in [0.25, 0.3) is 0 Å². The lowest BCUT2D eigenvalue weighted by Gasteiger charge is -1.73. The van der Waals surface area contributed by atoms with E-state index in [1.807, 2.05) is 0 Å². The van der Waals surface area contributed by atoms with E-state index >= 15 is 0 Å². The van der Waals surface area contributed by atoms with Gasteiger partial charge in [-0.25, -0.2) is 0 Å². The van der Waals surface area contributed by atoms with E-state index in [0.29, 0.717) is 22.6 Å². The van der Waals surface area contributed by atoms with Gasteiger partial charge < -0.3 is 5.73 Å². The normalized spacial score (nSPS) is 11.4. The zero-order valence-electron chi connectivity index (χ0n) is 4.11. The van der Waals surface area contributed by atoms with Crippen molar-refractivity contribution in [3.8, 4) is 0 Å². The molecule has 0 aliphatic heterocycles. The van der Waals surface area contributed by atoms with Crippen LogP contribution in [0.3, 0.4) is 0 Å². The molecule has 50 valence electrons. The van der Waals surface area contributed by atoms with Crippen LogP contribution in [-0.4, -0.2) is 25.6 Å². The van der Waals surface area contributed by atoms with Gasteiger partial charge in [-0.3, -0.25) is 9.11 Å². The maximum Gasteiger partial charge on any atom is 0.430 e. The average molecular weight is 158 g/mol. The van der Waals surface area contributed by atoms with Gasteiger partial charge in [-0.05, 0) is 0 Å². The summed E-state index contributed by atoms with van der Waals surface area (Å²) in [4.78, 5) is 0. The Bertz CT molecular complexity index is 151. The zero-order chi connectivity index (χ0) is 6.62. The number of hydrogen-bond acceptors (Lipinski definition) is 2. The van der Waals surface area contributed by atoms with Crippen LogP contribution in [0, 0.1) is 0 Å². The Morgan fingerprint density at radius 2 is 2.12 bits per heavy atom. The lowest BCUT2D eigenvalue weighted by atomic mass is 10.8. The Balaban J connectivity index is 3.78. The highest BCUT2D eigenvalue weighted by atomic mass is 32.9. The predicted octanol–water partition coefficient (Wildman–Crippen LogP) is -0.827. The van der Waals surface area contributed by atoms with Crippen molar-refractivity contribution in [3.05, 3.63) is 0 Å². The molecule has 0 fully saturated rings. The first-order valence-electron chi connectivity index (χ1n) is 1.90. The molecule has 0 aliphatic carbocycles. The summed E-state index contributed by atoms with van der Waals surface area (Å²) in [6.07, 6.45) is 0. The Kier molecular flexibility index (Phi) is 3.41. The number of hydrogen-bond donors (Lipinski definition) is 3. The first-order valence-corrected chi connectivity index (χ1v) is 4.87. The van der Waals surface area contributed by atoms with Gasteiger partial charge in [-0.2, -0.15) is 4.21 Å². The van der Waals surface area contributed by atoms with Crippen molar-refractivity contribution in [2.45, 2.75) is 0 Å². The molecule has 0 unspecified atom stereocenters. The summed E-state index contributed by atoms with van der Waals surface area (Å²) in [5, 5.41) is 0. The monoisotopic (exact) mass is 158 g/mol. The van der Waals surface area contributed by atoms with Crippen molar-refractivity contribution in [3.63, 3.8) is 0 Å². The molecular weight excluding hydrogens is 150 g/mol. The van der Waals surface area contributed by atoms with Gasteiger partial charge in [-0.1, -0.05) is 0 Å². The smallest absolute Gasteiger partial charge is 0.326 e. The van der Waals surface area contributed by atoms with E-state index in [9.17, 15) is 4.21 Å². The summed E-state index contributed by atoms with van der Waals surface area (Å²) in [5.41, 5.74) is 4.97. The van der Waals surface area contributed by atoms with Crippen LogP contribution >= 0.6 is 0 Å². The minimum Gasteiger partial charge on any atom is -0.326 e. The van der Waals surface area contributed by atoms with E-state index in [1.54, 1.807) is 0 Å². The molecule has 4 N–H and O–H groups in total. The van der Waals surface area contributed by atoms with E-state index < -0.39 is 9.05 Å². The van der Waals surface area contributed by atoms with Crippen LogP contribution in [0.2, 0.25) is 0 Å². The molecule has 0 aromatic carbocycles. The first-order chi connectivity index (χ1) is 3.56. The summed E-state index contributed by atoms with van der Waals surface area (Å²) in [7, 11) is -3.05. The van der Waals surface area contributed by atoms with Crippen molar-refractivity contribution in [2.75, 3.05) is 12.3 Å². The Morgan fingerprint density at radius 1 is 1.62 bits per heavy atom. The fourth-order valence-electron chi connectivity index (χ4n) is 0.157. The van der Waals surface area contributed by atoms with Crippen molar-refractivity contribution < 1.29 is 13.3 Å². The Hall–Kier alpha value is 0.250. The fourth-order valence-corrected chi connectivity index (χ4v) is 1.41. The fraction of sp³-hybridized carbons (Fsp3) is 1.00. The molecule has 0 aliphatic rings. The van der Waals surface area contributed by atoms with E-state index in [-0.39, 0.29) is 0 Å². The minimum absolute atomic E-state index is 0.294. The molecule has 0 saturated heterocycles. The van der Waals surface area contributed by atoms with Crippen LogP contribution in [-0.2, 0) is 19.4 Å². The summed E-state index contributed by atoms with van der Waals surface area (Å²) in [6.45, 7) is 0.294. The third kappa shape index (κ3) is 6.25. The lowest BCUT2D eigenvalue weighted by Crippen LogP contribution is -2.07. The van der Waals surface area contributed by atoms with Gasteiger partial charge in [-0.15, -0.1) is 0 Å². The molecule has 0 aromatic rings. The van der Waals surface area contributed by atoms with Gasteiger partial charge in [0.2, 0.25) is 5.75 Å². The third-order valence-corrected chi connectivity index (χ3v) is 2.49. The van der Waals surface area contributed by atoms with E-state index in [4.69, 9.17) is 14.8 Å². The summed E-state index contributed by atoms with van der Waals surface area (Å²) in [6, 6.07) is 0. The quantitative estimate of drug-likeness (QED) is 0.458. The molecule has 0 bridgehead atoms. The molecule has 0 heterocycles. The molecule has 0 atom stereocenters. The van der Waals surface area contributed by atoms with Gasteiger partial charge in [0.15, 0.2) is 0 Å². The topological polar surface area (TPSA) is 83.6 Å². The van der Waals surface area contributed by atoms with Crippen LogP contribution < -0.4 is 5.73 Å². The van der Waals surface area contributed by atoms with Gasteiger partial charge >= 0.3 is 9.05 Å². The molecular formula is C2H8NO3S2+. The zero-order valence-corrected chi connectivity index (χ0v) is 5.74. The molecule has 0 amide bonds. The van der Waals surface area contributed by atoms with Crippen molar-refractivity contribution in [1.29, 1.82) is 0 Å². The maximum absolute atomic E-state index is 9.96. The Morgan fingerprint density at radius 3 is 2.25 bits per heavy atom. The van der Waals surface area contributed by atoms with Crippen LogP contribution in [0.4, 0.5) is 0 Å². The number of rotatable bonds is 2. The van der Waals surface area contributed by atoms with Crippen LogP contribution in [0.5, 0.6) is 0 Å². The molecule has 8 heavy (non-hydrogen) atoms. The molecule has 0 spiro atoms. The standard InChI is InChI=1S/C2H7NO3S2/c3-1-2-7-8(4,5)6/h1-3H2,(H-,4,5,6)/p+1. The largest absolute Gasteiger partial charge is 0.430 e. The first kappa shape index (κ1) is 8.25. The summed E-state index contributed by atoms with van der Waals surface area (Å²) in [5.74, 6) is 0.297. The highest BCUT2D eigenvalue weighted by molar-refractivity contribution is 8.34. The van der Waals surface area contributed by atoms with E-state index in [0.717, 1.165) is 0 Å².